The molecule has 26 heavy (non-hydrogen) atoms. The molecule has 0 radical (unpaired) electrons. The lowest BCUT2D eigenvalue weighted by atomic mass is 10.2. The number of aryl methyl sites for hydroxylation is 1. The molecule has 1 saturated heterocycles. The summed E-state index contributed by atoms with van der Waals surface area (Å²) in [5.41, 5.74) is 0.854. The molecule has 7 nitrogen and oxygen atoms in total. The van der Waals surface area contributed by atoms with Crippen molar-refractivity contribution in [3.05, 3.63) is 47.8 Å². The van der Waals surface area contributed by atoms with Crippen LogP contribution in [0.2, 0.25) is 0 Å². The van der Waals surface area contributed by atoms with Crippen LogP contribution in [0.3, 0.4) is 0 Å². The number of para-hydroxylation sites is 1. The van der Waals surface area contributed by atoms with Crippen molar-refractivity contribution in [3.8, 4) is 5.75 Å². The molecule has 2 aromatic rings. The Balaban J connectivity index is 1.75. The van der Waals surface area contributed by atoms with Crippen LogP contribution in [0.1, 0.15) is 35.3 Å². The summed E-state index contributed by atoms with van der Waals surface area (Å²) in [5, 5.41) is 12.5. The maximum Gasteiger partial charge on any atom is 0.268 e. The molecule has 3 rings (SSSR count). The Hall–Kier alpha value is -2.32. The summed E-state index contributed by atoms with van der Waals surface area (Å²) in [4.78, 5) is 12.6. The minimum atomic E-state index is -3.58. The Morgan fingerprint density at radius 3 is 2.58 bits per heavy atom. The largest absolute Gasteiger partial charge is 0.508 e. The SMILES string of the molecule is Cn1cc(S(=O)(=O)N2CCCCC2)cc1C(=O)NCc1ccccc1O. The smallest absolute Gasteiger partial charge is 0.268 e. The van der Waals surface area contributed by atoms with Crippen molar-refractivity contribution in [2.24, 2.45) is 7.05 Å². The van der Waals surface area contributed by atoms with Gasteiger partial charge in [-0.05, 0) is 25.0 Å². The second-order valence-corrected chi connectivity index (χ2v) is 8.39. The number of phenolic OH excluding ortho intramolecular Hbond substituents is 1. The van der Waals surface area contributed by atoms with Crippen LogP contribution in [0.25, 0.3) is 0 Å². The summed E-state index contributed by atoms with van der Waals surface area (Å²) in [6.07, 6.45) is 4.24. The molecule has 1 aromatic heterocycles. The standard InChI is InChI=1S/C18H23N3O4S/c1-20-13-15(26(24,25)21-9-5-2-6-10-21)11-16(20)18(23)19-12-14-7-3-4-8-17(14)22/h3-4,7-8,11,13,22H,2,5-6,9-10,12H2,1H3,(H,19,23). The number of nitrogens with zero attached hydrogens (tertiary/aromatic N) is 2. The van der Waals surface area contributed by atoms with Crippen molar-refractivity contribution >= 4 is 15.9 Å². The Labute approximate surface area is 153 Å². The number of aromatic hydroxyl groups is 1. The zero-order valence-corrected chi connectivity index (χ0v) is 15.5. The van der Waals surface area contributed by atoms with Crippen LogP contribution in [0.4, 0.5) is 0 Å². The minimum absolute atomic E-state index is 0.105. The number of hydrogen-bond donors (Lipinski definition) is 2. The van der Waals surface area contributed by atoms with E-state index in [9.17, 15) is 18.3 Å². The molecular weight excluding hydrogens is 354 g/mol. The molecule has 140 valence electrons. The van der Waals surface area contributed by atoms with Gasteiger partial charge in [-0.1, -0.05) is 24.6 Å². The molecule has 0 spiro atoms. The summed E-state index contributed by atoms with van der Waals surface area (Å²) in [7, 11) is -1.94. The number of nitrogens with one attached hydrogen (secondary N) is 1. The molecule has 0 atom stereocenters. The first-order chi connectivity index (χ1) is 12.4. The molecule has 0 saturated carbocycles. The molecule has 1 aliphatic rings. The second-order valence-electron chi connectivity index (χ2n) is 6.45. The molecule has 1 amide bonds. The Morgan fingerprint density at radius 2 is 1.88 bits per heavy atom. The van der Waals surface area contributed by atoms with Gasteiger partial charge in [0.2, 0.25) is 10.0 Å². The quantitative estimate of drug-likeness (QED) is 0.832. The lowest BCUT2D eigenvalue weighted by molar-refractivity contribution is 0.0942. The molecule has 0 aliphatic carbocycles. The van der Waals surface area contributed by atoms with Crippen molar-refractivity contribution in [2.45, 2.75) is 30.7 Å². The number of benzene rings is 1. The van der Waals surface area contributed by atoms with E-state index in [0.717, 1.165) is 19.3 Å². The van der Waals surface area contributed by atoms with Gasteiger partial charge < -0.3 is 15.0 Å². The van der Waals surface area contributed by atoms with Gasteiger partial charge in [0, 0.05) is 38.4 Å². The highest BCUT2D eigenvalue weighted by atomic mass is 32.2. The summed E-state index contributed by atoms with van der Waals surface area (Å²) in [6.45, 7) is 1.20. The van der Waals surface area contributed by atoms with Gasteiger partial charge in [-0.15, -0.1) is 0 Å². The fourth-order valence-corrected chi connectivity index (χ4v) is 4.67. The molecule has 2 heterocycles. The Morgan fingerprint density at radius 1 is 1.19 bits per heavy atom. The predicted molar refractivity (Wildman–Crippen MR) is 97.3 cm³/mol. The van der Waals surface area contributed by atoms with Crippen LogP contribution >= 0.6 is 0 Å². The average Bonchev–Trinajstić information content (AvgIpc) is 3.04. The van der Waals surface area contributed by atoms with E-state index in [1.54, 1.807) is 31.3 Å². The summed E-state index contributed by atoms with van der Waals surface area (Å²) in [5.74, 6) is -0.288. The van der Waals surface area contributed by atoms with Gasteiger partial charge in [0.15, 0.2) is 0 Å². The van der Waals surface area contributed by atoms with E-state index >= 15 is 0 Å². The number of hydrogen-bond acceptors (Lipinski definition) is 4. The van der Waals surface area contributed by atoms with Gasteiger partial charge in [0.25, 0.3) is 5.91 Å². The van der Waals surface area contributed by atoms with Crippen LogP contribution in [0, 0.1) is 0 Å². The maximum absolute atomic E-state index is 12.7. The van der Waals surface area contributed by atoms with E-state index in [2.05, 4.69) is 5.32 Å². The first-order valence-electron chi connectivity index (χ1n) is 8.61. The molecule has 1 aliphatic heterocycles. The zero-order valence-electron chi connectivity index (χ0n) is 14.7. The molecule has 0 bridgehead atoms. The number of sulfonamides is 1. The summed E-state index contributed by atoms with van der Waals surface area (Å²) in [6, 6.07) is 8.15. The highest BCUT2D eigenvalue weighted by molar-refractivity contribution is 7.89. The van der Waals surface area contributed by atoms with E-state index in [-0.39, 0.29) is 22.9 Å². The third-order valence-electron chi connectivity index (χ3n) is 4.60. The predicted octanol–water partition coefficient (Wildman–Crippen LogP) is 1.84. The number of carbonyl (C=O) groups is 1. The first kappa shape index (κ1) is 18.5. The number of aromatic nitrogens is 1. The highest BCUT2D eigenvalue weighted by Gasteiger charge is 2.28. The lowest BCUT2D eigenvalue weighted by Crippen LogP contribution is -2.35. The van der Waals surface area contributed by atoms with Crippen LogP contribution in [0.5, 0.6) is 5.75 Å². The monoisotopic (exact) mass is 377 g/mol. The maximum atomic E-state index is 12.7. The van der Waals surface area contributed by atoms with Crippen molar-refractivity contribution in [1.29, 1.82) is 0 Å². The molecule has 2 N–H and O–H groups in total. The van der Waals surface area contributed by atoms with E-state index < -0.39 is 15.9 Å². The molecule has 8 heteroatoms. The second kappa shape index (κ2) is 7.51. The Bertz CT molecular complexity index is 899. The van der Waals surface area contributed by atoms with Gasteiger partial charge in [-0.25, -0.2) is 8.42 Å². The van der Waals surface area contributed by atoms with Crippen molar-refractivity contribution in [3.63, 3.8) is 0 Å². The third kappa shape index (κ3) is 3.76. The molecule has 1 aromatic carbocycles. The number of rotatable bonds is 5. The third-order valence-corrected chi connectivity index (χ3v) is 6.46. The molecular formula is C18H23N3O4S. The van der Waals surface area contributed by atoms with E-state index in [1.165, 1.54) is 21.1 Å². The van der Waals surface area contributed by atoms with Gasteiger partial charge in [0.1, 0.15) is 16.3 Å². The van der Waals surface area contributed by atoms with Crippen molar-refractivity contribution < 1.29 is 18.3 Å². The number of piperidine rings is 1. The fourth-order valence-electron chi connectivity index (χ4n) is 3.08. The van der Waals surface area contributed by atoms with Crippen LogP contribution in [-0.2, 0) is 23.6 Å². The lowest BCUT2D eigenvalue weighted by Gasteiger charge is -2.25. The van der Waals surface area contributed by atoms with Crippen LogP contribution < -0.4 is 5.32 Å². The minimum Gasteiger partial charge on any atom is -0.508 e. The number of carbonyl (C=O) groups excluding carboxylic acids is 1. The zero-order chi connectivity index (χ0) is 18.7. The van der Waals surface area contributed by atoms with Gasteiger partial charge in [0.05, 0.1) is 0 Å². The first-order valence-corrected chi connectivity index (χ1v) is 10.0. The van der Waals surface area contributed by atoms with Crippen LogP contribution in [0.15, 0.2) is 41.4 Å². The van der Waals surface area contributed by atoms with Crippen molar-refractivity contribution in [1.82, 2.24) is 14.2 Å². The molecule has 1 fully saturated rings. The topological polar surface area (TPSA) is 91.6 Å². The van der Waals surface area contributed by atoms with Crippen LogP contribution in [-0.4, -0.2) is 41.4 Å². The van der Waals surface area contributed by atoms with Crippen molar-refractivity contribution in [2.75, 3.05) is 13.1 Å². The van der Waals surface area contributed by atoms with E-state index in [1.807, 2.05) is 0 Å². The van der Waals surface area contributed by atoms with E-state index in [0.29, 0.717) is 18.7 Å². The van der Waals surface area contributed by atoms with E-state index in [4.69, 9.17) is 0 Å². The fraction of sp³-hybridized carbons (Fsp3) is 0.389. The molecule has 0 unspecified atom stereocenters. The number of phenols is 1. The Kier molecular flexibility index (Phi) is 5.33. The van der Waals surface area contributed by atoms with Gasteiger partial charge in [-0.2, -0.15) is 4.31 Å². The average molecular weight is 377 g/mol. The normalized spacial score (nSPS) is 15.7. The summed E-state index contributed by atoms with van der Waals surface area (Å²) >= 11 is 0. The van der Waals surface area contributed by atoms with Gasteiger partial charge in [-0.3, -0.25) is 4.79 Å². The highest BCUT2D eigenvalue weighted by Crippen LogP contribution is 2.22. The summed E-state index contributed by atoms with van der Waals surface area (Å²) < 4.78 is 28.5. The van der Waals surface area contributed by atoms with Gasteiger partial charge >= 0.3 is 0 Å². The number of amides is 1.